The summed E-state index contributed by atoms with van der Waals surface area (Å²) in [4.78, 5) is 12.8. The van der Waals surface area contributed by atoms with E-state index >= 15 is 0 Å². The molecule has 2 aliphatic heterocycles. The standard InChI is InChI=1S/C19H26N6O5S2/c1-14(31-19-21-22-23-25(19)13-16-3-2-10-30-16)18(26)20-15-4-6-17(7-5-15)32(27,28)24-8-11-29-12-9-24/h4-7,14,16H,2-3,8-13H2,1H3,(H,20,26)/t14-,16+/m1/s1. The quantitative estimate of drug-likeness (QED) is 0.548. The summed E-state index contributed by atoms with van der Waals surface area (Å²) in [5.41, 5.74) is 0.516. The molecule has 0 bridgehead atoms. The number of morpholine rings is 1. The molecule has 0 radical (unpaired) electrons. The Kier molecular flexibility index (Phi) is 7.40. The Hall–Kier alpha value is -2.06. The Morgan fingerprint density at radius 1 is 1.25 bits per heavy atom. The number of nitrogens with one attached hydrogen (secondary N) is 1. The van der Waals surface area contributed by atoms with Crippen molar-refractivity contribution in [3.63, 3.8) is 0 Å². The van der Waals surface area contributed by atoms with E-state index in [0.717, 1.165) is 19.4 Å². The summed E-state index contributed by atoms with van der Waals surface area (Å²) in [6, 6.07) is 6.18. The van der Waals surface area contributed by atoms with Gasteiger partial charge in [0.15, 0.2) is 0 Å². The zero-order valence-electron chi connectivity index (χ0n) is 17.7. The molecular weight excluding hydrogens is 456 g/mol. The summed E-state index contributed by atoms with van der Waals surface area (Å²) < 4.78 is 39.3. The molecule has 1 aromatic carbocycles. The van der Waals surface area contributed by atoms with Crippen LogP contribution in [0, 0.1) is 0 Å². The van der Waals surface area contributed by atoms with E-state index in [1.165, 1.54) is 28.2 Å². The van der Waals surface area contributed by atoms with Gasteiger partial charge in [0.05, 0.1) is 36.0 Å². The molecule has 11 nitrogen and oxygen atoms in total. The normalized spacial score (nSPS) is 20.8. The van der Waals surface area contributed by atoms with Gasteiger partial charge in [-0.3, -0.25) is 4.79 Å². The number of carbonyl (C=O) groups is 1. The minimum atomic E-state index is -3.57. The number of tetrazole rings is 1. The number of hydrogen-bond donors (Lipinski definition) is 1. The molecule has 174 valence electrons. The van der Waals surface area contributed by atoms with Crippen LogP contribution in [0.25, 0.3) is 0 Å². The lowest BCUT2D eigenvalue weighted by Gasteiger charge is -2.26. The summed E-state index contributed by atoms with van der Waals surface area (Å²) in [6.07, 6.45) is 2.09. The smallest absolute Gasteiger partial charge is 0.243 e. The SMILES string of the molecule is C[C@@H](Sc1nnnn1C[C@@H]1CCCO1)C(=O)Nc1ccc(S(=O)(=O)N2CCOCC2)cc1. The van der Waals surface area contributed by atoms with Crippen molar-refractivity contribution in [2.75, 3.05) is 38.2 Å². The van der Waals surface area contributed by atoms with Gasteiger partial charge in [0, 0.05) is 25.4 Å². The van der Waals surface area contributed by atoms with Gasteiger partial charge in [-0.2, -0.15) is 4.31 Å². The first-order valence-corrected chi connectivity index (χ1v) is 12.8. The third kappa shape index (κ3) is 5.46. The summed E-state index contributed by atoms with van der Waals surface area (Å²) in [6.45, 7) is 4.52. The molecule has 13 heteroatoms. The zero-order chi connectivity index (χ0) is 22.6. The highest BCUT2D eigenvalue weighted by Crippen LogP contribution is 2.24. The average molecular weight is 483 g/mol. The van der Waals surface area contributed by atoms with E-state index in [4.69, 9.17) is 9.47 Å². The van der Waals surface area contributed by atoms with Crippen LogP contribution >= 0.6 is 11.8 Å². The number of hydrogen-bond acceptors (Lipinski definition) is 9. The van der Waals surface area contributed by atoms with Crippen LogP contribution in [0.15, 0.2) is 34.3 Å². The molecule has 1 aromatic heterocycles. The molecule has 0 aliphatic carbocycles. The molecule has 2 aliphatic rings. The number of nitrogens with zero attached hydrogens (tertiary/aromatic N) is 5. The van der Waals surface area contributed by atoms with Gasteiger partial charge in [0.2, 0.25) is 21.1 Å². The number of rotatable bonds is 8. The molecule has 0 unspecified atom stereocenters. The predicted octanol–water partition coefficient (Wildman–Crippen LogP) is 0.992. The number of carbonyl (C=O) groups excluding carboxylic acids is 1. The summed E-state index contributed by atoms with van der Waals surface area (Å²) >= 11 is 1.26. The number of benzene rings is 1. The van der Waals surface area contributed by atoms with Crippen molar-refractivity contribution in [2.24, 2.45) is 0 Å². The van der Waals surface area contributed by atoms with E-state index < -0.39 is 15.3 Å². The van der Waals surface area contributed by atoms with E-state index in [1.54, 1.807) is 23.7 Å². The van der Waals surface area contributed by atoms with E-state index in [9.17, 15) is 13.2 Å². The molecule has 1 N–H and O–H groups in total. The van der Waals surface area contributed by atoms with Crippen LogP contribution in [0.4, 0.5) is 5.69 Å². The first-order valence-electron chi connectivity index (χ1n) is 10.5. The largest absolute Gasteiger partial charge is 0.379 e. The minimum absolute atomic E-state index is 0.0919. The van der Waals surface area contributed by atoms with Gasteiger partial charge in [0.1, 0.15) is 0 Å². The molecule has 2 fully saturated rings. The lowest BCUT2D eigenvalue weighted by atomic mass is 10.2. The van der Waals surface area contributed by atoms with Crippen molar-refractivity contribution in [3.05, 3.63) is 24.3 Å². The van der Waals surface area contributed by atoms with Gasteiger partial charge in [0.25, 0.3) is 0 Å². The molecule has 4 rings (SSSR count). The van der Waals surface area contributed by atoms with Gasteiger partial charge in [-0.05, 0) is 54.5 Å². The van der Waals surface area contributed by atoms with Crippen LogP contribution in [0.2, 0.25) is 0 Å². The Morgan fingerprint density at radius 2 is 2.00 bits per heavy atom. The Morgan fingerprint density at radius 3 is 2.69 bits per heavy atom. The number of aromatic nitrogens is 4. The number of thioether (sulfide) groups is 1. The fraction of sp³-hybridized carbons (Fsp3) is 0.579. The molecule has 2 saturated heterocycles. The van der Waals surface area contributed by atoms with Crippen LogP contribution in [-0.2, 0) is 30.8 Å². The predicted molar refractivity (Wildman–Crippen MR) is 117 cm³/mol. The number of ether oxygens (including phenoxy) is 2. The molecule has 0 spiro atoms. The van der Waals surface area contributed by atoms with E-state index in [2.05, 4.69) is 20.8 Å². The highest BCUT2D eigenvalue weighted by molar-refractivity contribution is 8.00. The Bertz CT molecular complexity index is 1020. The van der Waals surface area contributed by atoms with Crippen molar-refractivity contribution in [3.8, 4) is 0 Å². The molecule has 0 saturated carbocycles. The van der Waals surface area contributed by atoms with Crippen LogP contribution < -0.4 is 5.32 Å². The molecule has 2 atom stereocenters. The van der Waals surface area contributed by atoms with Gasteiger partial charge in [-0.1, -0.05) is 11.8 Å². The fourth-order valence-corrected chi connectivity index (χ4v) is 5.68. The van der Waals surface area contributed by atoms with Gasteiger partial charge >= 0.3 is 0 Å². The third-order valence-corrected chi connectivity index (χ3v) is 8.26. The maximum Gasteiger partial charge on any atom is 0.243 e. The van der Waals surface area contributed by atoms with Gasteiger partial charge < -0.3 is 14.8 Å². The summed E-state index contributed by atoms with van der Waals surface area (Å²) in [5, 5.41) is 14.6. The second-order valence-electron chi connectivity index (χ2n) is 7.57. The molecule has 32 heavy (non-hydrogen) atoms. The molecule has 1 amide bonds. The maximum absolute atomic E-state index is 12.7. The van der Waals surface area contributed by atoms with Crippen molar-refractivity contribution in [1.82, 2.24) is 24.5 Å². The van der Waals surface area contributed by atoms with Gasteiger partial charge in [-0.15, -0.1) is 5.10 Å². The number of amides is 1. The lowest BCUT2D eigenvalue weighted by molar-refractivity contribution is -0.115. The first kappa shape index (κ1) is 23.1. The fourth-order valence-electron chi connectivity index (χ4n) is 3.48. The molecule has 3 heterocycles. The van der Waals surface area contributed by atoms with Crippen molar-refractivity contribution >= 4 is 33.4 Å². The highest BCUT2D eigenvalue weighted by atomic mass is 32.2. The van der Waals surface area contributed by atoms with Crippen LogP contribution in [0.1, 0.15) is 19.8 Å². The summed E-state index contributed by atoms with van der Waals surface area (Å²) in [5.74, 6) is -0.231. The number of sulfonamides is 1. The Balaban J connectivity index is 1.34. The number of anilines is 1. The molecular formula is C19H26N6O5S2. The van der Waals surface area contributed by atoms with Crippen LogP contribution in [-0.4, -0.2) is 83.1 Å². The highest BCUT2D eigenvalue weighted by Gasteiger charge is 2.26. The molecule has 2 aromatic rings. The Labute approximate surface area is 190 Å². The zero-order valence-corrected chi connectivity index (χ0v) is 19.3. The topological polar surface area (TPSA) is 129 Å². The lowest BCUT2D eigenvalue weighted by Crippen LogP contribution is -2.40. The van der Waals surface area contributed by atoms with E-state index in [0.29, 0.717) is 43.7 Å². The second kappa shape index (κ2) is 10.3. The van der Waals surface area contributed by atoms with E-state index in [1.807, 2.05) is 0 Å². The van der Waals surface area contributed by atoms with Crippen LogP contribution in [0.3, 0.4) is 0 Å². The summed E-state index contributed by atoms with van der Waals surface area (Å²) in [7, 11) is -3.57. The third-order valence-electron chi connectivity index (χ3n) is 5.28. The maximum atomic E-state index is 12.7. The average Bonchev–Trinajstić information content (AvgIpc) is 3.47. The van der Waals surface area contributed by atoms with Crippen molar-refractivity contribution in [1.29, 1.82) is 0 Å². The van der Waals surface area contributed by atoms with E-state index in [-0.39, 0.29) is 16.9 Å². The monoisotopic (exact) mass is 482 g/mol. The van der Waals surface area contributed by atoms with Crippen LogP contribution in [0.5, 0.6) is 0 Å². The van der Waals surface area contributed by atoms with Crippen molar-refractivity contribution < 1.29 is 22.7 Å². The van der Waals surface area contributed by atoms with Gasteiger partial charge in [-0.25, -0.2) is 13.1 Å². The second-order valence-corrected chi connectivity index (χ2v) is 10.8. The van der Waals surface area contributed by atoms with Crippen molar-refractivity contribution in [2.45, 2.75) is 47.7 Å². The minimum Gasteiger partial charge on any atom is -0.379 e. The first-order chi connectivity index (χ1) is 15.4.